The summed E-state index contributed by atoms with van der Waals surface area (Å²) in [5.41, 5.74) is -0.870. The van der Waals surface area contributed by atoms with Gasteiger partial charge in [0, 0.05) is 12.6 Å². The van der Waals surface area contributed by atoms with E-state index < -0.39 is 5.41 Å². The van der Waals surface area contributed by atoms with E-state index in [0.29, 0.717) is 12.8 Å². The van der Waals surface area contributed by atoms with Gasteiger partial charge in [0.2, 0.25) is 5.91 Å². The van der Waals surface area contributed by atoms with Gasteiger partial charge in [-0.25, -0.2) is 0 Å². The van der Waals surface area contributed by atoms with E-state index in [9.17, 15) is 9.59 Å². The number of likely N-dealkylation sites (tertiary alicyclic amines) is 1. The lowest BCUT2D eigenvalue weighted by atomic mass is 10.0. The van der Waals surface area contributed by atoms with Gasteiger partial charge in [-0.15, -0.1) is 0 Å². The number of methoxy groups -OCH3 is 1. The van der Waals surface area contributed by atoms with Crippen LogP contribution < -0.4 is 5.32 Å². The fraction of sp³-hybridized carbons (Fsp3) is 0.833. The Kier molecular flexibility index (Phi) is 3.38. The summed E-state index contributed by atoms with van der Waals surface area (Å²) in [4.78, 5) is 25.8. The van der Waals surface area contributed by atoms with E-state index in [-0.39, 0.29) is 17.9 Å². The van der Waals surface area contributed by atoms with E-state index in [2.05, 4.69) is 10.2 Å². The van der Waals surface area contributed by atoms with Crippen molar-refractivity contribution in [2.75, 3.05) is 27.2 Å². The molecule has 0 aromatic rings. The van der Waals surface area contributed by atoms with Gasteiger partial charge >= 0.3 is 5.97 Å². The zero-order chi connectivity index (χ0) is 12.5. The summed E-state index contributed by atoms with van der Waals surface area (Å²) in [6.45, 7) is 1.94. The van der Waals surface area contributed by atoms with Crippen LogP contribution in [0.4, 0.5) is 0 Å². The first kappa shape index (κ1) is 12.4. The third kappa shape index (κ3) is 2.44. The second-order valence-corrected chi connectivity index (χ2v) is 5.15. The lowest BCUT2D eigenvalue weighted by molar-refractivity contribution is -0.152. The van der Waals surface area contributed by atoms with Gasteiger partial charge in [-0.3, -0.25) is 9.59 Å². The molecule has 2 aliphatic rings. The summed E-state index contributed by atoms with van der Waals surface area (Å²) in [6.07, 6.45) is 3.32. The summed E-state index contributed by atoms with van der Waals surface area (Å²) < 4.78 is 4.70. The molecule has 2 rings (SSSR count). The first-order valence-corrected chi connectivity index (χ1v) is 6.16. The number of carbonyl (C=O) groups is 2. The Bertz CT molecular complexity index is 326. The summed E-state index contributed by atoms with van der Waals surface area (Å²) in [5, 5.41) is 2.99. The molecule has 0 aromatic carbocycles. The molecule has 1 aliphatic carbocycles. The average molecular weight is 240 g/mol. The molecule has 5 heteroatoms. The van der Waals surface area contributed by atoms with Crippen LogP contribution in [0, 0.1) is 5.41 Å². The van der Waals surface area contributed by atoms with E-state index in [0.717, 1.165) is 25.9 Å². The quantitative estimate of drug-likeness (QED) is 0.563. The Morgan fingerprint density at radius 3 is 2.65 bits per heavy atom. The number of hydrogen-bond donors (Lipinski definition) is 1. The van der Waals surface area contributed by atoms with Crippen LogP contribution in [-0.4, -0.2) is 50.1 Å². The molecule has 1 atom stereocenters. The third-order valence-corrected chi connectivity index (χ3v) is 3.72. The number of hydrogen-bond acceptors (Lipinski definition) is 4. The van der Waals surface area contributed by atoms with Crippen molar-refractivity contribution in [2.45, 2.75) is 31.7 Å². The monoisotopic (exact) mass is 240 g/mol. The van der Waals surface area contributed by atoms with E-state index in [1.165, 1.54) is 7.11 Å². The van der Waals surface area contributed by atoms with Gasteiger partial charge in [-0.2, -0.15) is 0 Å². The van der Waals surface area contributed by atoms with Crippen LogP contribution in [0.2, 0.25) is 0 Å². The summed E-state index contributed by atoms with van der Waals surface area (Å²) in [5.74, 6) is -0.538. The van der Waals surface area contributed by atoms with E-state index in [4.69, 9.17) is 4.74 Å². The highest BCUT2D eigenvalue weighted by molar-refractivity contribution is 6.05. The molecular weight excluding hydrogens is 220 g/mol. The number of piperidine rings is 1. The molecule has 1 heterocycles. The van der Waals surface area contributed by atoms with Crippen LogP contribution in [0.1, 0.15) is 25.7 Å². The number of amides is 1. The van der Waals surface area contributed by atoms with E-state index in [1.54, 1.807) is 0 Å². The van der Waals surface area contributed by atoms with Crippen molar-refractivity contribution in [1.82, 2.24) is 10.2 Å². The van der Waals surface area contributed by atoms with Gasteiger partial charge in [0.05, 0.1) is 7.11 Å². The summed E-state index contributed by atoms with van der Waals surface area (Å²) >= 11 is 0. The highest BCUT2D eigenvalue weighted by atomic mass is 16.5. The predicted molar refractivity (Wildman–Crippen MR) is 62.3 cm³/mol. The lowest BCUT2D eigenvalue weighted by Crippen LogP contribution is -2.49. The highest BCUT2D eigenvalue weighted by Gasteiger charge is 2.58. The van der Waals surface area contributed by atoms with Crippen LogP contribution in [0.25, 0.3) is 0 Å². The van der Waals surface area contributed by atoms with Crippen molar-refractivity contribution in [3.63, 3.8) is 0 Å². The van der Waals surface area contributed by atoms with Crippen LogP contribution in [-0.2, 0) is 14.3 Å². The highest BCUT2D eigenvalue weighted by Crippen LogP contribution is 2.47. The Balaban J connectivity index is 1.91. The molecule has 0 aromatic heterocycles. The van der Waals surface area contributed by atoms with E-state index in [1.807, 2.05) is 7.05 Å². The minimum Gasteiger partial charge on any atom is -0.468 e. The molecule has 0 radical (unpaired) electrons. The Morgan fingerprint density at radius 2 is 2.12 bits per heavy atom. The normalized spacial score (nSPS) is 27.3. The lowest BCUT2D eigenvalue weighted by Gasteiger charge is -2.31. The number of likely N-dealkylation sites (N-methyl/N-ethyl adjacent to an activating group) is 1. The fourth-order valence-corrected chi connectivity index (χ4v) is 2.45. The SMILES string of the molecule is COC(=O)C1(C(=O)NC2CCCN(C)C2)CC1. The third-order valence-electron chi connectivity index (χ3n) is 3.72. The van der Waals surface area contributed by atoms with Crippen molar-refractivity contribution in [3.05, 3.63) is 0 Å². The zero-order valence-electron chi connectivity index (χ0n) is 10.5. The van der Waals surface area contributed by atoms with Crippen LogP contribution in [0.3, 0.4) is 0 Å². The summed E-state index contributed by atoms with van der Waals surface area (Å²) in [6, 6.07) is 0.170. The second-order valence-electron chi connectivity index (χ2n) is 5.15. The number of rotatable bonds is 3. The number of carbonyl (C=O) groups excluding carboxylic acids is 2. The molecule has 1 aliphatic heterocycles. The van der Waals surface area contributed by atoms with Crippen LogP contribution in [0.5, 0.6) is 0 Å². The maximum absolute atomic E-state index is 12.1. The molecule has 1 N–H and O–H groups in total. The molecule has 1 saturated carbocycles. The van der Waals surface area contributed by atoms with Crippen LogP contribution >= 0.6 is 0 Å². The number of esters is 1. The zero-order valence-corrected chi connectivity index (χ0v) is 10.5. The van der Waals surface area contributed by atoms with Crippen molar-refractivity contribution in [1.29, 1.82) is 0 Å². The molecular formula is C12H20N2O3. The smallest absolute Gasteiger partial charge is 0.321 e. The Morgan fingerprint density at radius 1 is 1.41 bits per heavy atom. The molecule has 5 nitrogen and oxygen atoms in total. The van der Waals surface area contributed by atoms with Crippen molar-refractivity contribution in [2.24, 2.45) is 5.41 Å². The maximum atomic E-state index is 12.1. The number of ether oxygens (including phenoxy) is 1. The molecule has 1 saturated heterocycles. The van der Waals surface area contributed by atoms with Gasteiger partial charge in [0.25, 0.3) is 0 Å². The van der Waals surface area contributed by atoms with Gasteiger partial charge < -0.3 is 15.0 Å². The van der Waals surface area contributed by atoms with Gasteiger partial charge in [-0.1, -0.05) is 0 Å². The minimum atomic E-state index is -0.870. The topological polar surface area (TPSA) is 58.6 Å². The molecule has 0 bridgehead atoms. The Labute approximate surface area is 101 Å². The van der Waals surface area contributed by atoms with Gasteiger partial charge in [-0.05, 0) is 39.3 Å². The Hall–Kier alpha value is -1.10. The molecule has 0 spiro atoms. The second kappa shape index (κ2) is 4.64. The fourth-order valence-electron chi connectivity index (χ4n) is 2.45. The molecule has 2 fully saturated rings. The van der Waals surface area contributed by atoms with Crippen molar-refractivity contribution >= 4 is 11.9 Å². The molecule has 1 amide bonds. The maximum Gasteiger partial charge on any atom is 0.321 e. The standard InChI is InChI=1S/C12H20N2O3/c1-14-7-3-4-9(8-14)13-10(15)12(5-6-12)11(16)17-2/h9H,3-8H2,1-2H3,(H,13,15). The summed E-state index contributed by atoms with van der Waals surface area (Å²) in [7, 11) is 3.38. The first-order chi connectivity index (χ1) is 8.08. The van der Waals surface area contributed by atoms with Crippen molar-refractivity contribution in [3.8, 4) is 0 Å². The van der Waals surface area contributed by atoms with Gasteiger partial charge in [0.1, 0.15) is 5.41 Å². The molecule has 1 unspecified atom stereocenters. The van der Waals surface area contributed by atoms with Crippen molar-refractivity contribution < 1.29 is 14.3 Å². The average Bonchev–Trinajstić information content (AvgIpc) is 3.09. The van der Waals surface area contributed by atoms with Gasteiger partial charge in [0.15, 0.2) is 0 Å². The van der Waals surface area contributed by atoms with Crippen LogP contribution in [0.15, 0.2) is 0 Å². The molecule has 96 valence electrons. The number of nitrogens with zero attached hydrogens (tertiary/aromatic N) is 1. The first-order valence-electron chi connectivity index (χ1n) is 6.16. The molecule has 17 heavy (non-hydrogen) atoms. The van der Waals surface area contributed by atoms with E-state index >= 15 is 0 Å². The minimum absolute atomic E-state index is 0.148. The predicted octanol–water partition coefficient (Wildman–Crippen LogP) is 0.150. The number of nitrogens with one attached hydrogen (secondary N) is 1. The largest absolute Gasteiger partial charge is 0.468 e.